The fourth-order valence-electron chi connectivity index (χ4n) is 1.37. The van der Waals surface area contributed by atoms with Gasteiger partial charge in [0.2, 0.25) is 0 Å². The Morgan fingerprint density at radius 2 is 1.72 bits per heavy atom. The van der Waals surface area contributed by atoms with E-state index in [1.165, 1.54) is 0 Å². The summed E-state index contributed by atoms with van der Waals surface area (Å²) in [6.45, 7) is 0. The fraction of sp³-hybridized carbons (Fsp3) is 0. The quantitative estimate of drug-likeness (QED) is 0.874. The molecule has 0 spiro atoms. The average Bonchev–Trinajstić information content (AvgIpc) is 2.40. The molecule has 0 bridgehead atoms. The highest BCUT2D eigenvalue weighted by molar-refractivity contribution is 5.86. The van der Waals surface area contributed by atoms with Gasteiger partial charge in [-0.15, -0.1) is 0 Å². The van der Waals surface area contributed by atoms with Crippen molar-refractivity contribution in [1.29, 1.82) is 5.26 Å². The van der Waals surface area contributed by atoms with E-state index in [9.17, 15) is 4.79 Å². The average molecular weight is 238 g/mol. The summed E-state index contributed by atoms with van der Waals surface area (Å²) >= 11 is 0. The third-order valence-electron chi connectivity index (χ3n) is 2.21. The van der Waals surface area contributed by atoms with Gasteiger partial charge in [0.15, 0.2) is 0 Å². The van der Waals surface area contributed by atoms with E-state index >= 15 is 0 Å². The van der Waals surface area contributed by atoms with Crippen molar-refractivity contribution >= 4 is 11.8 Å². The van der Waals surface area contributed by atoms with Crippen LogP contribution in [-0.2, 0) is 0 Å². The zero-order valence-electron chi connectivity index (χ0n) is 9.46. The number of nitrogens with one attached hydrogen (secondary N) is 1. The molecule has 0 heterocycles. The van der Waals surface area contributed by atoms with Gasteiger partial charge in [-0.2, -0.15) is 5.26 Å². The largest absolute Gasteiger partial charge is 0.417 e. The number of nitrogens with zero attached hydrogens (tertiary/aromatic N) is 1. The van der Waals surface area contributed by atoms with Crippen LogP contribution in [0, 0.1) is 11.3 Å². The van der Waals surface area contributed by atoms with Gasteiger partial charge < -0.3 is 4.74 Å². The molecule has 0 atom stereocenters. The number of benzene rings is 2. The number of hydrogen-bond acceptors (Lipinski definition) is 3. The monoisotopic (exact) mass is 238 g/mol. The van der Waals surface area contributed by atoms with Crippen LogP contribution >= 0.6 is 0 Å². The summed E-state index contributed by atoms with van der Waals surface area (Å²) in [6, 6.07) is 17.3. The molecule has 0 aliphatic heterocycles. The number of nitriles is 1. The molecule has 1 amide bonds. The Hall–Kier alpha value is -2.80. The number of carbonyl (C=O) groups excluding carboxylic acids is 1. The minimum absolute atomic E-state index is 0.476. The van der Waals surface area contributed by atoms with Gasteiger partial charge in [-0.3, -0.25) is 5.32 Å². The Balaban J connectivity index is 1.97. The number of anilines is 1. The molecule has 2 aromatic rings. The summed E-state index contributed by atoms with van der Waals surface area (Å²) in [5.41, 5.74) is 1.12. The smallest absolute Gasteiger partial charge is 0.410 e. The number of amides is 1. The molecule has 0 aliphatic rings. The number of rotatable bonds is 2. The number of para-hydroxylation sites is 1. The van der Waals surface area contributed by atoms with Crippen LogP contribution in [0.1, 0.15) is 5.56 Å². The summed E-state index contributed by atoms with van der Waals surface area (Å²) in [4.78, 5) is 11.5. The van der Waals surface area contributed by atoms with Crippen molar-refractivity contribution in [2.24, 2.45) is 0 Å². The van der Waals surface area contributed by atoms with E-state index in [4.69, 9.17) is 10.00 Å². The van der Waals surface area contributed by atoms with E-state index in [2.05, 4.69) is 5.32 Å². The summed E-state index contributed by atoms with van der Waals surface area (Å²) in [5, 5.41) is 11.2. The molecule has 88 valence electrons. The Kier molecular flexibility index (Phi) is 3.57. The molecule has 2 aromatic carbocycles. The zero-order valence-corrected chi connectivity index (χ0v) is 9.46. The molecule has 0 fully saturated rings. The summed E-state index contributed by atoms with van der Waals surface area (Å²) in [6.07, 6.45) is -0.564. The summed E-state index contributed by atoms with van der Waals surface area (Å²) < 4.78 is 5.06. The van der Waals surface area contributed by atoms with Crippen LogP contribution in [0.2, 0.25) is 0 Å². The lowest BCUT2D eigenvalue weighted by molar-refractivity contribution is 0.215. The van der Waals surface area contributed by atoms with Crippen LogP contribution < -0.4 is 10.1 Å². The van der Waals surface area contributed by atoms with Gasteiger partial charge >= 0.3 is 6.09 Å². The highest BCUT2D eigenvalue weighted by Crippen LogP contribution is 2.12. The lowest BCUT2D eigenvalue weighted by Crippen LogP contribution is -2.16. The molecule has 1 N–H and O–H groups in total. The lowest BCUT2D eigenvalue weighted by atomic mass is 10.2. The predicted molar refractivity (Wildman–Crippen MR) is 67.2 cm³/mol. The molecule has 0 unspecified atom stereocenters. The van der Waals surface area contributed by atoms with E-state index in [-0.39, 0.29) is 0 Å². The van der Waals surface area contributed by atoms with Crippen molar-refractivity contribution in [2.75, 3.05) is 5.32 Å². The van der Waals surface area contributed by atoms with Crippen LogP contribution in [0.25, 0.3) is 0 Å². The lowest BCUT2D eigenvalue weighted by Gasteiger charge is -2.06. The fourth-order valence-corrected chi connectivity index (χ4v) is 1.37. The van der Waals surface area contributed by atoms with Crippen molar-refractivity contribution in [3.05, 3.63) is 60.2 Å². The molecule has 0 saturated heterocycles. The molecule has 4 nitrogen and oxygen atoms in total. The van der Waals surface area contributed by atoms with E-state index < -0.39 is 6.09 Å². The second-order valence-corrected chi connectivity index (χ2v) is 3.52. The van der Waals surface area contributed by atoms with Gasteiger partial charge in [0, 0.05) is 5.69 Å². The van der Waals surface area contributed by atoms with Crippen molar-refractivity contribution < 1.29 is 9.53 Å². The van der Waals surface area contributed by atoms with E-state index in [0.29, 0.717) is 17.0 Å². The third-order valence-corrected chi connectivity index (χ3v) is 2.21. The molecule has 0 radical (unpaired) electrons. The van der Waals surface area contributed by atoms with E-state index in [1.807, 2.05) is 12.1 Å². The maximum atomic E-state index is 11.5. The second-order valence-electron chi connectivity index (χ2n) is 3.52. The van der Waals surface area contributed by atoms with Crippen LogP contribution in [0.3, 0.4) is 0 Å². The highest BCUT2D eigenvalue weighted by atomic mass is 16.6. The first-order chi connectivity index (χ1) is 8.78. The van der Waals surface area contributed by atoms with Gasteiger partial charge in [-0.25, -0.2) is 4.79 Å². The number of ether oxygens (including phenoxy) is 1. The summed E-state index contributed by atoms with van der Waals surface area (Å²) in [7, 11) is 0. The predicted octanol–water partition coefficient (Wildman–Crippen LogP) is 3.17. The molecule has 4 heteroatoms. The molecule has 0 saturated carbocycles. The van der Waals surface area contributed by atoms with Crippen molar-refractivity contribution in [1.82, 2.24) is 0 Å². The van der Waals surface area contributed by atoms with Crippen LogP contribution in [0.4, 0.5) is 10.5 Å². The molecule has 18 heavy (non-hydrogen) atoms. The van der Waals surface area contributed by atoms with Crippen LogP contribution in [-0.4, -0.2) is 6.09 Å². The molecule has 0 aromatic heterocycles. The molecule has 0 aliphatic carbocycles. The number of carbonyl (C=O) groups is 1. The first-order valence-electron chi connectivity index (χ1n) is 5.32. The Labute approximate surface area is 104 Å². The highest BCUT2D eigenvalue weighted by Gasteiger charge is 2.04. The van der Waals surface area contributed by atoms with Crippen molar-refractivity contribution in [3.8, 4) is 11.8 Å². The Morgan fingerprint density at radius 3 is 2.33 bits per heavy atom. The van der Waals surface area contributed by atoms with Crippen LogP contribution in [0.5, 0.6) is 5.75 Å². The maximum Gasteiger partial charge on any atom is 0.417 e. The van der Waals surface area contributed by atoms with E-state index in [1.54, 1.807) is 48.5 Å². The van der Waals surface area contributed by atoms with E-state index in [0.717, 1.165) is 0 Å². The zero-order chi connectivity index (χ0) is 12.8. The first-order valence-corrected chi connectivity index (χ1v) is 5.32. The minimum Gasteiger partial charge on any atom is -0.410 e. The Morgan fingerprint density at radius 1 is 1.06 bits per heavy atom. The van der Waals surface area contributed by atoms with Gasteiger partial charge in [-0.05, 0) is 36.4 Å². The van der Waals surface area contributed by atoms with Crippen LogP contribution in [0.15, 0.2) is 54.6 Å². The maximum absolute atomic E-state index is 11.5. The molecular weight excluding hydrogens is 228 g/mol. The number of hydrogen-bond donors (Lipinski definition) is 1. The summed E-state index contributed by atoms with van der Waals surface area (Å²) in [5.74, 6) is 0.476. The van der Waals surface area contributed by atoms with Crippen molar-refractivity contribution in [2.45, 2.75) is 0 Å². The van der Waals surface area contributed by atoms with Crippen molar-refractivity contribution in [3.63, 3.8) is 0 Å². The normalized spacial score (nSPS) is 9.28. The first kappa shape index (κ1) is 11.7. The van der Waals surface area contributed by atoms with Gasteiger partial charge in [0.05, 0.1) is 11.6 Å². The van der Waals surface area contributed by atoms with Gasteiger partial charge in [0.1, 0.15) is 5.75 Å². The SMILES string of the molecule is N#Cc1ccc(NC(=O)Oc2ccccc2)cc1. The van der Waals surface area contributed by atoms with Gasteiger partial charge in [0.25, 0.3) is 0 Å². The standard InChI is InChI=1S/C14H10N2O2/c15-10-11-6-8-12(9-7-11)16-14(17)18-13-4-2-1-3-5-13/h1-9H,(H,16,17). The minimum atomic E-state index is -0.564. The topological polar surface area (TPSA) is 62.1 Å². The molecule has 2 rings (SSSR count). The third kappa shape index (κ3) is 3.09. The van der Waals surface area contributed by atoms with Gasteiger partial charge in [-0.1, -0.05) is 18.2 Å². The molecular formula is C14H10N2O2. The Bertz CT molecular complexity index is 571. The second kappa shape index (κ2) is 5.51.